The summed E-state index contributed by atoms with van der Waals surface area (Å²) < 4.78 is 0. The maximum absolute atomic E-state index is 11.5. The van der Waals surface area contributed by atoms with E-state index < -0.39 is 0 Å². The van der Waals surface area contributed by atoms with E-state index in [4.69, 9.17) is 5.73 Å². The predicted molar refractivity (Wildman–Crippen MR) is 70.7 cm³/mol. The van der Waals surface area contributed by atoms with Crippen LogP contribution in [-0.2, 0) is 4.79 Å². The molecule has 0 heterocycles. The number of rotatable bonds is 6. The van der Waals surface area contributed by atoms with Gasteiger partial charge < -0.3 is 16.4 Å². The lowest BCUT2D eigenvalue weighted by atomic mass is 9.91. The fourth-order valence-corrected chi connectivity index (χ4v) is 2.25. The minimum atomic E-state index is 0.145. The van der Waals surface area contributed by atoms with E-state index in [9.17, 15) is 4.79 Å². The maximum Gasteiger partial charge on any atom is 0.221 e. The molecule has 1 saturated carbocycles. The fraction of sp³-hybridized carbons (Fsp3) is 0.923. The van der Waals surface area contributed by atoms with Gasteiger partial charge in [0.1, 0.15) is 0 Å². The number of carbonyl (C=O) groups excluding carboxylic acids is 1. The van der Waals surface area contributed by atoms with Gasteiger partial charge >= 0.3 is 0 Å². The summed E-state index contributed by atoms with van der Waals surface area (Å²) in [7, 11) is 0. The topological polar surface area (TPSA) is 67.2 Å². The molecule has 0 radical (unpaired) electrons. The van der Waals surface area contributed by atoms with Crippen LogP contribution < -0.4 is 16.4 Å². The van der Waals surface area contributed by atoms with Crippen LogP contribution in [0, 0.1) is 0 Å². The van der Waals surface area contributed by atoms with E-state index in [1.54, 1.807) is 0 Å². The first-order chi connectivity index (χ1) is 8.11. The van der Waals surface area contributed by atoms with Crippen LogP contribution in [0.5, 0.6) is 0 Å². The Bertz CT molecular complexity index is 233. The molecule has 3 atom stereocenters. The lowest BCUT2D eigenvalue weighted by Crippen LogP contribution is -2.41. The highest BCUT2D eigenvalue weighted by Crippen LogP contribution is 2.16. The van der Waals surface area contributed by atoms with E-state index in [2.05, 4.69) is 17.6 Å². The summed E-state index contributed by atoms with van der Waals surface area (Å²) in [4.78, 5) is 11.5. The van der Waals surface area contributed by atoms with Crippen molar-refractivity contribution in [3.8, 4) is 0 Å². The molecular formula is C13H27N3O. The molecule has 0 aromatic heterocycles. The highest BCUT2D eigenvalue weighted by molar-refractivity contribution is 5.76. The molecule has 1 aliphatic rings. The van der Waals surface area contributed by atoms with Gasteiger partial charge in [-0.3, -0.25) is 4.79 Å². The molecule has 3 unspecified atom stereocenters. The Kier molecular flexibility index (Phi) is 6.52. The molecule has 0 aromatic carbocycles. The van der Waals surface area contributed by atoms with Crippen molar-refractivity contribution in [2.45, 2.75) is 70.5 Å². The van der Waals surface area contributed by atoms with Crippen molar-refractivity contribution in [1.82, 2.24) is 10.6 Å². The fourth-order valence-electron chi connectivity index (χ4n) is 2.25. The number of hydrogen-bond donors (Lipinski definition) is 3. The molecule has 1 aliphatic carbocycles. The lowest BCUT2D eigenvalue weighted by molar-refractivity contribution is -0.121. The lowest BCUT2D eigenvalue weighted by Gasteiger charge is -2.27. The Hall–Kier alpha value is -0.610. The molecule has 4 heteroatoms. The zero-order valence-corrected chi connectivity index (χ0v) is 11.2. The predicted octanol–water partition coefficient (Wildman–Crippen LogP) is 1.15. The van der Waals surface area contributed by atoms with Crippen LogP contribution in [0.2, 0.25) is 0 Å². The Morgan fingerprint density at radius 2 is 2.24 bits per heavy atom. The average molecular weight is 241 g/mol. The molecule has 1 fully saturated rings. The van der Waals surface area contributed by atoms with Crippen LogP contribution in [0.1, 0.15) is 52.4 Å². The average Bonchev–Trinajstić information content (AvgIpc) is 2.29. The highest BCUT2D eigenvalue weighted by atomic mass is 16.1. The third-order valence-electron chi connectivity index (χ3n) is 3.52. The van der Waals surface area contributed by atoms with Crippen LogP contribution in [0.4, 0.5) is 0 Å². The van der Waals surface area contributed by atoms with E-state index in [0.29, 0.717) is 18.5 Å². The molecule has 1 amide bonds. The number of hydrogen-bond acceptors (Lipinski definition) is 3. The van der Waals surface area contributed by atoms with Crippen LogP contribution in [-0.4, -0.2) is 30.6 Å². The molecule has 4 nitrogen and oxygen atoms in total. The second-order valence-electron chi connectivity index (χ2n) is 5.20. The molecule has 0 bridgehead atoms. The van der Waals surface area contributed by atoms with Gasteiger partial charge in [0, 0.05) is 31.1 Å². The standard InChI is InChI=1S/C13H27N3O/c1-3-10(2)16-13(17)7-8-15-12-6-4-5-11(14)9-12/h10-12,15H,3-9,14H2,1-2H3,(H,16,17). The molecule has 0 spiro atoms. The van der Waals surface area contributed by atoms with Gasteiger partial charge in [0.25, 0.3) is 0 Å². The molecule has 100 valence electrons. The largest absolute Gasteiger partial charge is 0.354 e. The van der Waals surface area contributed by atoms with Crippen LogP contribution in [0.25, 0.3) is 0 Å². The summed E-state index contributed by atoms with van der Waals surface area (Å²) in [5, 5.41) is 6.41. The number of carbonyl (C=O) groups is 1. The Balaban J connectivity index is 2.08. The molecule has 0 aromatic rings. The van der Waals surface area contributed by atoms with Gasteiger partial charge in [-0.15, -0.1) is 0 Å². The van der Waals surface area contributed by atoms with Crippen molar-refractivity contribution < 1.29 is 4.79 Å². The Labute approximate surface area is 105 Å². The van der Waals surface area contributed by atoms with Crippen LogP contribution in [0.3, 0.4) is 0 Å². The third kappa shape index (κ3) is 6.03. The van der Waals surface area contributed by atoms with Crippen molar-refractivity contribution >= 4 is 5.91 Å². The highest BCUT2D eigenvalue weighted by Gasteiger charge is 2.18. The molecule has 4 N–H and O–H groups in total. The third-order valence-corrected chi connectivity index (χ3v) is 3.52. The summed E-state index contributed by atoms with van der Waals surface area (Å²) >= 11 is 0. The summed E-state index contributed by atoms with van der Waals surface area (Å²) in [6.07, 6.45) is 6.14. The molecule has 1 rings (SSSR count). The second-order valence-corrected chi connectivity index (χ2v) is 5.20. The first-order valence-electron chi connectivity index (χ1n) is 6.90. The van der Waals surface area contributed by atoms with Gasteiger partial charge in [-0.05, 0) is 32.6 Å². The van der Waals surface area contributed by atoms with Gasteiger partial charge in [-0.1, -0.05) is 13.3 Å². The zero-order valence-electron chi connectivity index (χ0n) is 11.2. The monoisotopic (exact) mass is 241 g/mol. The summed E-state index contributed by atoms with van der Waals surface area (Å²) in [6.45, 7) is 4.87. The Morgan fingerprint density at radius 3 is 2.88 bits per heavy atom. The van der Waals surface area contributed by atoms with Crippen LogP contribution >= 0.6 is 0 Å². The van der Waals surface area contributed by atoms with Crippen LogP contribution in [0.15, 0.2) is 0 Å². The molecule has 0 aliphatic heterocycles. The van der Waals surface area contributed by atoms with Crippen molar-refractivity contribution in [3.05, 3.63) is 0 Å². The molecule has 17 heavy (non-hydrogen) atoms. The molecule has 0 saturated heterocycles. The van der Waals surface area contributed by atoms with E-state index in [-0.39, 0.29) is 11.9 Å². The number of nitrogens with two attached hydrogens (primary N) is 1. The van der Waals surface area contributed by atoms with E-state index in [0.717, 1.165) is 25.8 Å². The zero-order chi connectivity index (χ0) is 12.7. The van der Waals surface area contributed by atoms with E-state index in [1.165, 1.54) is 12.8 Å². The summed E-state index contributed by atoms with van der Waals surface area (Å²) in [5.41, 5.74) is 5.92. The first kappa shape index (κ1) is 14.5. The minimum absolute atomic E-state index is 0.145. The van der Waals surface area contributed by atoms with Gasteiger partial charge in [0.15, 0.2) is 0 Å². The van der Waals surface area contributed by atoms with Gasteiger partial charge in [-0.2, -0.15) is 0 Å². The quantitative estimate of drug-likeness (QED) is 0.653. The SMILES string of the molecule is CCC(C)NC(=O)CCNC1CCCC(N)C1. The van der Waals surface area contributed by atoms with Gasteiger partial charge in [0.05, 0.1) is 0 Å². The van der Waals surface area contributed by atoms with Crippen molar-refractivity contribution in [1.29, 1.82) is 0 Å². The van der Waals surface area contributed by atoms with Crippen molar-refractivity contribution in [2.24, 2.45) is 5.73 Å². The van der Waals surface area contributed by atoms with Gasteiger partial charge in [0.2, 0.25) is 5.91 Å². The van der Waals surface area contributed by atoms with E-state index >= 15 is 0 Å². The maximum atomic E-state index is 11.5. The number of nitrogens with one attached hydrogen (secondary N) is 2. The van der Waals surface area contributed by atoms with Gasteiger partial charge in [-0.25, -0.2) is 0 Å². The second kappa shape index (κ2) is 7.67. The first-order valence-corrected chi connectivity index (χ1v) is 6.90. The molecular weight excluding hydrogens is 214 g/mol. The normalized spacial score (nSPS) is 26.5. The minimum Gasteiger partial charge on any atom is -0.354 e. The van der Waals surface area contributed by atoms with Crippen molar-refractivity contribution in [3.63, 3.8) is 0 Å². The summed E-state index contributed by atoms with van der Waals surface area (Å²) in [5.74, 6) is 0.145. The smallest absolute Gasteiger partial charge is 0.221 e. The van der Waals surface area contributed by atoms with Crippen molar-refractivity contribution in [2.75, 3.05) is 6.54 Å². The summed E-state index contributed by atoms with van der Waals surface area (Å²) in [6, 6.07) is 1.14. The Morgan fingerprint density at radius 1 is 1.47 bits per heavy atom. The number of amides is 1. The van der Waals surface area contributed by atoms with E-state index in [1.807, 2.05) is 6.92 Å².